The SMILES string of the molecule is CCC1(CO)CCN(CC(O)COCc2ccccc2Cl)CC1. The van der Waals surface area contributed by atoms with E-state index in [4.69, 9.17) is 16.3 Å². The van der Waals surface area contributed by atoms with Crippen LogP contribution in [-0.2, 0) is 11.3 Å². The molecule has 130 valence electrons. The molecule has 2 N–H and O–H groups in total. The highest BCUT2D eigenvalue weighted by molar-refractivity contribution is 6.31. The summed E-state index contributed by atoms with van der Waals surface area (Å²) in [6.45, 7) is 5.60. The van der Waals surface area contributed by atoms with Crippen LogP contribution in [0.4, 0.5) is 0 Å². The highest BCUT2D eigenvalue weighted by Crippen LogP contribution is 2.34. The Labute approximate surface area is 144 Å². The quantitative estimate of drug-likeness (QED) is 0.763. The number of aliphatic hydroxyl groups excluding tert-OH is 2. The number of likely N-dealkylation sites (tertiary alicyclic amines) is 1. The van der Waals surface area contributed by atoms with E-state index < -0.39 is 6.10 Å². The molecule has 1 aliphatic heterocycles. The van der Waals surface area contributed by atoms with Crippen LogP contribution >= 0.6 is 11.6 Å². The number of piperidine rings is 1. The number of hydrogen-bond donors (Lipinski definition) is 2. The number of nitrogens with zero attached hydrogens (tertiary/aromatic N) is 1. The Morgan fingerprint density at radius 3 is 2.61 bits per heavy atom. The van der Waals surface area contributed by atoms with Gasteiger partial charge in [-0.1, -0.05) is 36.7 Å². The Morgan fingerprint density at radius 1 is 1.30 bits per heavy atom. The Balaban J connectivity index is 1.68. The Morgan fingerprint density at radius 2 is 2.00 bits per heavy atom. The van der Waals surface area contributed by atoms with Crippen molar-refractivity contribution in [2.45, 2.75) is 38.9 Å². The second-order valence-electron chi connectivity index (χ2n) is 6.57. The van der Waals surface area contributed by atoms with Crippen LogP contribution in [0.5, 0.6) is 0 Å². The van der Waals surface area contributed by atoms with Crippen molar-refractivity contribution in [3.63, 3.8) is 0 Å². The summed E-state index contributed by atoms with van der Waals surface area (Å²) in [5, 5.41) is 20.4. The number of benzene rings is 1. The lowest BCUT2D eigenvalue weighted by atomic mass is 9.77. The van der Waals surface area contributed by atoms with Gasteiger partial charge < -0.3 is 19.8 Å². The second-order valence-corrected chi connectivity index (χ2v) is 6.98. The van der Waals surface area contributed by atoms with Gasteiger partial charge in [-0.3, -0.25) is 0 Å². The molecular weight excluding hydrogens is 314 g/mol. The predicted molar refractivity (Wildman–Crippen MR) is 92.6 cm³/mol. The topological polar surface area (TPSA) is 52.9 Å². The fraction of sp³-hybridized carbons (Fsp3) is 0.667. The van der Waals surface area contributed by atoms with Crippen molar-refractivity contribution in [3.05, 3.63) is 34.9 Å². The van der Waals surface area contributed by atoms with Gasteiger partial charge in [0.2, 0.25) is 0 Å². The minimum absolute atomic E-state index is 0.0853. The van der Waals surface area contributed by atoms with Crippen molar-refractivity contribution in [3.8, 4) is 0 Å². The maximum absolute atomic E-state index is 10.1. The molecule has 1 aromatic rings. The fourth-order valence-corrected chi connectivity index (χ4v) is 3.29. The molecule has 1 heterocycles. The van der Waals surface area contributed by atoms with Crippen molar-refractivity contribution in [1.29, 1.82) is 0 Å². The molecule has 0 saturated carbocycles. The van der Waals surface area contributed by atoms with Gasteiger partial charge in [0, 0.05) is 18.2 Å². The predicted octanol–water partition coefficient (Wildman–Crippen LogP) is 2.70. The summed E-state index contributed by atoms with van der Waals surface area (Å²) in [6, 6.07) is 7.58. The van der Waals surface area contributed by atoms with Crippen molar-refractivity contribution in [2.24, 2.45) is 5.41 Å². The van der Waals surface area contributed by atoms with E-state index in [9.17, 15) is 10.2 Å². The first-order chi connectivity index (χ1) is 11.1. The van der Waals surface area contributed by atoms with Crippen LogP contribution in [-0.4, -0.2) is 54.1 Å². The summed E-state index contributed by atoms with van der Waals surface area (Å²) in [4.78, 5) is 2.26. The fourth-order valence-electron chi connectivity index (χ4n) is 3.10. The highest BCUT2D eigenvalue weighted by Gasteiger charge is 2.32. The number of rotatable bonds is 8. The second kappa shape index (κ2) is 9.00. The van der Waals surface area contributed by atoms with Gasteiger partial charge >= 0.3 is 0 Å². The van der Waals surface area contributed by atoms with E-state index in [-0.39, 0.29) is 12.0 Å². The third kappa shape index (κ3) is 5.44. The molecule has 0 spiro atoms. The molecule has 1 fully saturated rings. The van der Waals surface area contributed by atoms with Gasteiger partial charge in [0.25, 0.3) is 0 Å². The van der Waals surface area contributed by atoms with Gasteiger partial charge in [-0.15, -0.1) is 0 Å². The summed E-state index contributed by atoms with van der Waals surface area (Å²) in [5.41, 5.74) is 1.03. The summed E-state index contributed by atoms with van der Waals surface area (Å²) < 4.78 is 5.59. The van der Waals surface area contributed by atoms with Gasteiger partial charge in [-0.05, 0) is 49.4 Å². The highest BCUT2D eigenvalue weighted by atomic mass is 35.5. The normalized spacial score (nSPS) is 19.7. The lowest BCUT2D eigenvalue weighted by Crippen LogP contribution is -2.45. The Kier molecular flexibility index (Phi) is 7.31. The van der Waals surface area contributed by atoms with E-state index >= 15 is 0 Å². The Bertz CT molecular complexity index is 469. The molecule has 1 atom stereocenters. The smallest absolute Gasteiger partial charge is 0.0900 e. The number of β-amino-alcohol motifs (C(OH)–C–C–N with tert-alkyl or cyclic N) is 1. The average molecular weight is 342 g/mol. The van der Waals surface area contributed by atoms with Crippen molar-refractivity contribution < 1.29 is 14.9 Å². The van der Waals surface area contributed by atoms with Crippen LogP contribution in [0, 0.1) is 5.41 Å². The first kappa shape index (κ1) is 18.7. The Hall–Kier alpha value is -0.650. The molecule has 4 nitrogen and oxygen atoms in total. The zero-order chi connectivity index (χ0) is 16.7. The van der Waals surface area contributed by atoms with Gasteiger partial charge in [-0.25, -0.2) is 0 Å². The summed E-state index contributed by atoms with van der Waals surface area (Å²) in [6.07, 6.45) is 2.50. The monoisotopic (exact) mass is 341 g/mol. The maximum atomic E-state index is 10.1. The molecule has 0 bridgehead atoms. The molecule has 23 heavy (non-hydrogen) atoms. The molecule has 2 rings (SSSR count). The summed E-state index contributed by atoms with van der Waals surface area (Å²) >= 11 is 6.08. The van der Waals surface area contributed by atoms with Gasteiger partial charge in [-0.2, -0.15) is 0 Å². The van der Waals surface area contributed by atoms with Crippen molar-refractivity contribution in [2.75, 3.05) is 32.8 Å². The van der Waals surface area contributed by atoms with Crippen molar-refractivity contribution in [1.82, 2.24) is 4.90 Å². The standard InChI is InChI=1S/C18H28ClNO3/c1-2-18(14-21)7-9-20(10-8-18)11-16(22)13-23-12-15-5-3-4-6-17(15)19/h3-6,16,21-22H,2,7-14H2,1H3. The minimum atomic E-state index is -0.499. The van der Waals surface area contributed by atoms with Crippen LogP contribution in [0.3, 0.4) is 0 Å². The van der Waals surface area contributed by atoms with Gasteiger partial charge in [0.1, 0.15) is 0 Å². The van der Waals surface area contributed by atoms with Gasteiger partial charge in [0.15, 0.2) is 0 Å². The lowest BCUT2D eigenvalue weighted by molar-refractivity contribution is -0.0118. The van der Waals surface area contributed by atoms with Crippen LogP contribution < -0.4 is 0 Å². The van der Waals surface area contributed by atoms with E-state index in [0.29, 0.717) is 24.8 Å². The number of halogens is 1. The van der Waals surface area contributed by atoms with Crippen LogP contribution in [0.15, 0.2) is 24.3 Å². The zero-order valence-corrected chi connectivity index (χ0v) is 14.6. The molecule has 0 aliphatic carbocycles. The van der Waals surface area contributed by atoms with Crippen LogP contribution in [0.1, 0.15) is 31.7 Å². The third-order valence-electron chi connectivity index (χ3n) is 5.00. The molecule has 0 aromatic heterocycles. The number of hydrogen-bond acceptors (Lipinski definition) is 4. The molecule has 0 amide bonds. The lowest BCUT2D eigenvalue weighted by Gasteiger charge is -2.40. The van der Waals surface area contributed by atoms with E-state index in [2.05, 4.69) is 11.8 Å². The average Bonchev–Trinajstić information content (AvgIpc) is 2.58. The van der Waals surface area contributed by atoms with Gasteiger partial charge in [0.05, 0.1) is 19.3 Å². The minimum Gasteiger partial charge on any atom is -0.396 e. The maximum Gasteiger partial charge on any atom is 0.0900 e. The van der Waals surface area contributed by atoms with E-state index in [0.717, 1.165) is 37.9 Å². The zero-order valence-electron chi connectivity index (χ0n) is 13.9. The molecule has 1 unspecified atom stereocenters. The number of ether oxygens (including phenoxy) is 1. The third-order valence-corrected chi connectivity index (χ3v) is 5.37. The van der Waals surface area contributed by atoms with E-state index in [1.807, 2.05) is 24.3 Å². The van der Waals surface area contributed by atoms with Crippen LogP contribution in [0.25, 0.3) is 0 Å². The first-order valence-corrected chi connectivity index (χ1v) is 8.79. The van der Waals surface area contributed by atoms with E-state index in [1.54, 1.807) is 0 Å². The summed E-state index contributed by atoms with van der Waals surface area (Å²) in [5.74, 6) is 0. The molecule has 1 aliphatic rings. The molecule has 0 radical (unpaired) electrons. The van der Waals surface area contributed by atoms with E-state index in [1.165, 1.54) is 0 Å². The summed E-state index contributed by atoms with van der Waals surface area (Å²) in [7, 11) is 0. The largest absolute Gasteiger partial charge is 0.396 e. The molecule has 5 heteroatoms. The first-order valence-electron chi connectivity index (χ1n) is 8.41. The number of aliphatic hydroxyl groups is 2. The van der Waals surface area contributed by atoms with Crippen LogP contribution in [0.2, 0.25) is 5.02 Å². The molecular formula is C18H28ClNO3. The van der Waals surface area contributed by atoms with Crippen molar-refractivity contribution >= 4 is 11.6 Å². The molecule has 1 aromatic carbocycles. The molecule has 1 saturated heterocycles.